The lowest BCUT2D eigenvalue weighted by atomic mass is 9.99. The fourth-order valence-corrected chi connectivity index (χ4v) is 3.90. The van der Waals surface area contributed by atoms with Crippen molar-refractivity contribution >= 4 is 21.6 Å². The van der Waals surface area contributed by atoms with E-state index in [0.29, 0.717) is 24.0 Å². The Labute approximate surface area is 150 Å². The van der Waals surface area contributed by atoms with Crippen LogP contribution in [0.25, 0.3) is 0 Å². The zero-order valence-corrected chi connectivity index (χ0v) is 16.1. The van der Waals surface area contributed by atoms with E-state index in [9.17, 15) is 13.2 Å². The lowest BCUT2D eigenvalue weighted by Gasteiger charge is -2.31. The van der Waals surface area contributed by atoms with Gasteiger partial charge in [0.1, 0.15) is 5.75 Å². The maximum absolute atomic E-state index is 12.4. The van der Waals surface area contributed by atoms with Crippen molar-refractivity contribution in [2.24, 2.45) is 5.92 Å². The van der Waals surface area contributed by atoms with Crippen LogP contribution in [0.1, 0.15) is 33.1 Å². The number of hydrogen-bond donors (Lipinski definition) is 0. The number of sulfonamides is 1. The summed E-state index contributed by atoms with van der Waals surface area (Å²) in [6.45, 7) is 6.32. The Kier molecular flexibility index (Phi) is 6.70. The van der Waals surface area contributed by atoms with Gasteiger partial charge in [-0.1, -0.05) is 6.92 Å². The topological polar surface area (TPSA) is 66.9 Å². The van der Waals surface area contributed by atoms with E-state index < -0.39 is 10.0 Å². The molecule has 25 heavy (non-hydrogen) atoms. The molecule has 0 radical (unpaired) electrons. The molecule has 1 aromatic carbocycles. The molecule has 0 aromatic heterocycles. The van der Waals surface area contributed by atoms with Crippen LogP contribution in [0, 0.1) is 5.92 Å². The molecular formula is C18H28N2O4S. The summed E-state index contributed by atoms with van der Waals surface area (Å²) < 4.78 is 31.0. The van der Waals surface area contributed by atoms with Crippen LogP contribution in [0.5, 0.6) is 5.75 Å². The lowest BCUT2D eigenvalue weighted by Crippen LogP contribution is -2.40. The summed E-state index contributed by atoms with van der Waals surface area (Å²) in [5.41, 5.74) is 0.547. The largest absolute Gasteiger partial charge is 0.494 e. The zero-order chi connectivity index (χ0) is 18.4. The summed E-state index contributed by atoms with van der Waals surface area (Å²) in [5, 5.41) is 0. The molecule has 0 spiro atoms. The number of piperidine rings is 1. The molecule has 1 aliphatic rings. The number of nitrogens with zero attached hydrogens (tertiary/aromatic N) is 2. The Balaban J connectivity index is 2.02. The van der Waals surface area contributed by atoms with Crippen LogP contribution >= 0.6 is 0 Å². The first-order chi connectivity index (χ1) is 11.8. The molecule has 6 nitrogen and oxygen atoms in total. The first kappa shape index (κ1) is 19.6. The predicted octanol–water partition coefficient (Wildman–Crippen LogP) is 2.50. The van der Waals surface area contributed by atoms with Crippen LogP contribution in [-0.2, 0) is 14.8 Å². The van der Waals surface area contributed by atoms with Crippen molar-refractivity contribution in [1.82, 2.24) is 4.90 Å². The van der Waals surface area contributed by atoms with E-state index in [-0.39, 0.29) is 18.9 Å². The number of anilines is 1. The van der Waals surface area contributed by atoms with E-state index in [1.165, 1.54) is 4.31 Å². The number of carbonyl (C=O) groups excluding carboxylic acids is 1. The standard InChI is InChI=1S/C18H28N2O4S/c1-4-24-17-7-5-16(6-8-17)20(25(3,22)23)14-11-18(21)19-12-9-15(2)10-13-19/h5-8,15H,4,9-14H2,1-3H3. The van der Waals surface area contributed by atoms with Crippen molar-refractivity contribution in [3.05, 3.63) is 24.3 Å². The molecule has 1 aliphatic heterocycles. The SMILES string of the molecule is CCOc1ccc(N(CCC(=O)N2CCC(C)CC2)S(C)(=O)=O)cc1. The molecule has 1 fully saturated rings. The fourth-order valence-electron chi connectivity index (χ4n) is 2.97. The molecule has 1 amide bonds. The molecule has 0 saturated carbocycles. The van der Waals surface area contributed by atoms with Crippen LogP contribution in [0.15, 0.2) is 24.3 Å². The molecule has 1 saturated heterocycles. The zero-order valence-electron chi connectivity index (χ0n) is 15.3. The Morgan fingerprint density at radius 2 is 1.84 bits per heavy atom. The van der Waals surface area contributed by atoms with Crippen molar-refractivity contribution in [2.45, 2.75) is 33.1 Å². The molecule has 2 rings (SSSR count). The Morgan fingerprint density at radius 3 is 2.36 bits per heavy atom. The molecule has 7 heteroatoms. The van der Waals surface area contributed by atoms with Crippen molar-refractivity contribution in [1.29, 1.82) is 0 Å². The molecule has 1 heterocycles. The smallest absolute Gasteiger partial charge is 0.232 e. The van der Waals surface area contributed by atoms with E-state index in [2.05, 4.69) is 6.92 Å². The Hall–Kier alpha value is -1.76. The van der Waals surface area contributed by atoms with Gasteiger partial charge in [0.15, 0.2) is 0 Å². The molecule has 0 atom stereocenters. The van der Waals surface area contributed by atoms with Gasteiger partial charge >= 0.3 is 0 Å². The fraction of sp³-hybridized carbons (Fsp3) is 0.611. The van der Waals surface area contributed by atoms with Gasteiger partial charge in [-0.25, -0.2) is 8.42 Å². The van der Waals surface area contributed by atoms with Crippen molar-refractivity contribution < 1.29 is 17.9 Å². The second-order valence-corrected chi connectivity index (χ2v) is 8.48. The maximum atomic E-state index is 12.4. The normalized spacial score (nSPS) is 15.9. The number of likely N-dealkylation sites (tertiary alicyclic amines) is 1. The lowest BCUT2D eigenvalue weighted by molar-refractivity contribution is -0.132. The van der Waals surface area contributed by atoms with Crippen LogP contribution in [0.2, 0.25) is 0 Å². The van der Waals surface area contributed by atoms with Crippen molar-refractivity contribution in [3.63, 3.8) is 0 Å². The molecule has 0 aliphatic carbocycles. The first-order valence-corrected chi connectivity index (χ1v) is 10.6. The molecule has 140 valence electrons. The predicted molar refractivity (Wildman–Crippen MR) is 99.4 cm³/mol. The number of benzene rings is 1. The minimum absolute atomic E-state index is 0.0199. The van der Waals surface area contributed by atoms with Gasteiger partial charge in [0.25, 0.3) is 0 Å². The van der Waals surface area contributed by atoms with Crippen molar-refractivity contribution in [3.8, 4) is 5.75 Å². The molecular weight excluding hydrogens is 340 g/mol. The highest BCUT2D eigenvalue weighted by atomic mass is 32.2. The average Bonchev–Trinajstić information content (AvgIpc) is 2.56. The van der Waals surface area contributed by atoms with Gasteiger partial charge in [0.2, 0.25) is 15.9 Å². The molecule has 0 bridgehead atoms. The van der Waals surface area contributed by atoms with Crippen LogP contribution in [0.3, 0.4) is 0 Å². The van der Waals surface area contributed by atoms with Gasteiger partial charge in [-0.2, -0.15) is 0 Å². The molecule has 0 unspecified atom stereocenters. The van der Waals surface area contributed by atoms with E-state index in [1.807, 2.05) is 11.8 Å². The number of hydrogen-bond acceptors (Lipinski definition) is 4. The van der Waals surface area contributed by atoms with E-state index in [4.69, 9.17) is 4.74 Å². The third kappa shape index (κ3) is 5.63. The summed E-state index contributed by atoms with van der Waals surface area (Å²) in [4.78, 5) is 14.2. The highest BCUT2D eigenvalue weighted by molar-refractivity contribution is 7.92. The van der Waals surface area contributed by atoms with Crippen molar-refractivity contribution in [2.75, 3.05) is 36.8 Å². The summed E-state index contributed by atoms with van der Waals surface area (Å²) in [6.07, 6.45) is 3.38. The van der Waals surface area contributed by atoms with Gasteiger partial charge in [0.05, 0.1) is 18.6 Å². The summed E-state index contributed by atoms with van der Waals surface area (Å²) in [7, 11) is -3.46. The summed E-state index contributed by atoms with van der Waals surface area (Å²) in [6, 6.07) is 6.90. The highest BCUT2D eigenvalue weighted by Gasteiger charge is 2.23. The van der Waals surface area contributed by atoms with Gasteiger partial charge in [-0.05, 0) is 49.9 Å². The first-order valence-electron chi connectivity index (χ1n) is 8.79. The monoisotopic (exact) mass is 368 g/mol. The van der Waals surface area contributed by atoms with Crippen LogP contribution in [0.4, 0.5) is 5.69 Å². The van der Waals surface area contributed by atoms with Gasteiger partial charge < -0.3 is 9.64 Å². The molecule has 0 N–H and O–H groups in total. The Bertz CT molecular complexity index is 665. The summed E-state index contributed by atoms with van der Waals surface area (Å²) in [5.74, 6) is 1.37. The van der Waals surface area contributed by atoms with Gasteiger partial charge in [0, 0.05) is 26.1 Å². The van der Waals surface area contributed by atoms with Crippen LogP contribution < -0.4 is 9.04 Å². The summed E-state index contributed by atoms with van der Waals surface area (Å²) >= 11 is 0. The number of carbonyl (C=O) groups is 1. The number of rotatable bonds is 7. The quantitative estimate of drug-likeness (QED) is 0.742. The third-order valence-electron chi connectivity index (χ3n) is 4.50. The molecule has 1 aromatic rings. The van der Waals surface area contributed by atoms with Gasteiger partial charge in [-0.15, -0.1) is 0 Å². The van der Waals surface area contributed by atoms with E-state index in [1.54, 1.807) is 24.3 Å². The van der Waals surface area contributed by atoms with Gasteiger partial charge in [-0.3, -0.25) is 9.10 Å². The number of ether oxygens (including phenoxy) is 1. The Morgan fingerprint density at radius 1 is 1.24 bits per heavy atom. The average molecular weight is 368 g/mol. The minimum Gasteiger partial charge on any atom is -0.494 e. The third-order valence-corrected chi connectivity index (χ3v) is 5.70. The second kappa shape index (κ2) is 8.56. The minimum atomic E-state index is -3.46. The highest BCUT2D eigenvalue weighted by Crippen LogP contribution is 2.22. The second-order valence-electron chi connectivity index (χ2n) is 6.58. The maximum Gasteiger partial charge on any atom is 0.232 e. The van der Waals surface area contributed by atoms with Crippen LogP contribution in [-0.4, -0.2) is 51.7 Å². The van der Waals surface area contributed by atoms with E-state index in [0.717, 1.165) is 32.2 Å². The van der Waals surface area contributed by atoms with E-state index >= 15 is 0 Å². The number of amides is 1.